The molecule has 0 aromatic heterocycles. The van der Waals surface area contributed by atoms with Gasteiger partial charge in [0.2, 0.25) is 5.83 Å². The summed E-state index contributed by atoms with van der Waals surface area (Å²) in [7, 11) is 0. The van der Waals surface area contributed by atoms with Crippen LogP contribution in [0.5, 0.6) is 5.75 Å². The van der Waals surface area contributed by atoms with Crippen molar-refractivity contribution < 1.29 is 72.1 Å². The summed E-state index contributed by atoms with van der Waals surface area (Å²) in [6.07, 6.45) is -3.90. The SMILES string of the molecule is CCCCCCOC(=O)Nc1ccc(NC(=O)OCCCCCC)c(OC(F)=C(F)C(F)(F)C(F)(F)C(F)(F)C(F)(F)F)c1. The predicted molar refractivity (Wildman–Crippen MR) is 135 cm³/mol. The number of benzene rings is 1. The first-order chi connectivity index (χ1) is 20.3. The van der Waals surface area contributed by atoms with Crippen molar-refractivity contribution >= 4 is 23.6 Å². The first-order valence-corrected chi connectivity index (χ1v) is 13.3. The highest BCUT2D eigenvalue weighted by molar-refractivity contribution is 5.89. The topological polar surface area (TPSA) is 85.9 Å². The molecule has 0 unspecified atom stereocenters. The van der Waals surface area contributed by atoms with Crippen molar-refractivity contribution in [2.24, 2.45) is 0 Å². The Morgan fingerprint density at radius 2 is 1.20 bits per heavy atom. The number of unbranched alkanes of at least 4 members (excludes halogenated alkanes) is 6. The highest BCUT2D eigenvalue weighted by Gasteiger charge is 2.83. The normalized spacial score (nSPS) is 13.2. The van der Waals surface area contributed by atoms with E-state index in [2.05, 4.69) is 10.1 Å². The number of alkyl halides is 9. The van der Waals surface area contributed by atoms with E-state index in [4.69, 9.17) is 9.47 Å². The number of rotatable bonds is 17. The summed E-state index contributed by atoms with van der Waals surface area (Å²) < 4.78 is 161. The van der Waals surface area contributed by atoms with Crippen LogP contribution in [0.1, 0.15) is 65.2 Å². The molecule has 0 saturated heterocycles. The minimum absolute atomic E-state index is 0.0344. The molecule has 2 N–H and O–H groups in total. The molecular formula is C26H31F11N2O5. The first-order valence-electron chi connectivity index (χ1n) is 13.3. The highest BCUT2D eigenvalue weighted by atomic mass is 19.4. The predicted octanol–water partition coefficient (Wildman–Crippen LogP) is 9.90. The molecule has 1 rings (SSSR count). The minimum Gasteiger partial charge on any atom is -0.449 e. The minimum atomic E-state index is -7.52. The van der Waals surface area contributed by atoms with E-state index < -0.39 is 59.4 Å². The van der Waals surface area contributed by atoms with Gasteiger partial charge in [0.05, 0.1) is 18.9 Å². The zero-order valence-corrected chi connectivity index (χ0v) is 23.5. The average Bonchev–Trinajstić information content (AvgIpc) is 2.92. The molecule has 7 nitrogen and oxygen atoms in total. The number of carbonyl (C=O) groups excluding carboxylic acids is 2. The van der Waals surface area contributed by atoms with Crippen molar-refractivity contribution in [2.45, 2.75) is 89.2 Å². The monoisotopic (exact) mass is 660 g/mol. The van der Waals surface area contributed by atoms with Gasteiger partial charge in [0.25, 0.3) is 0 Å². The zero-order chi connectivity index (χ0) is 33.8. The Bertz CT molecular complexity index is 1130. The van der Waals surface area contributed by atoms with Crippen LogP contribution in [0.15, 0.2) is 30.0 Å². The van der Waals surface area contributed by atoms with E-state index in [1.165, 1.54) is 0 Å². The molecule has 0 fully saturated rings. The molecule has 0 radical (unpaired) electrons. The Morgan fingerprint density at radius 1 is 0.705 bits per heavy atom. The summed E-state index contributed by atoms with van der Waals surface area (Å²) in [6, 6.07) is -0.991. The maximum Gasteiger partial charge on any atom is 0.460 e. The van der Waals surface area contributed by atoms with Gasteiger partial charge in [-0.2, -0.15) is 48.3 Å². The standard InChI is InChI=1S/C26H31F11N2O5/c1-3-5-7-9-13-42-21(40)38-16-11-12-17(39-22(41)43-14-10-8-6-4-2)18(15-16)44-20(28)19(27)23(29,30)24(31,32)25(33,34)26(35,36)37/h11-12,15H,3-10,13-14H2,1-2H3,(H,38,40)(H,39,41). The van der Waals surface area contributed by atoms with Crippen LogP contribution >= 0.6 is 0 Å². The number of halogens is 11. The van der Waals surface area contributed by atoms with Crippen LogP contribution in [0.25, 0.3) is 0 Å². The second-order valence-electron chi connectivity index (χ2n) is 9.26. The van der Waals surface area contributed by atoms with Crippen LogP contribution in [0, 0.1) is 0 Å². The van der Waals surface area contributed by atoms with Gasteiger partial charge in [-0.3, -0.25) is 10.6 Å². The lowest BCUT2D eigenvalue weighted by atomic mass is 10.0. The number of ether oxygens (including phenoxy) is 3. The van der Waals surface area contributed by atoms with Gasteiger partial charge in [0.15, 0.2) is 5.75 Å². The van der Waals surface area contributed by atoms with Crippen LogP contribution < -0.4 is 15.4 Å². The third kappa shape index (κ3) is 10.3. The Kier molecular flexibility index (Phi) is 14.5. The van der Waals surface area contributed by atoms with Gasteiger partial charge in [-0.15, -0.1) is 0 Å². The lowest BCUT2D eigenvalue weighted by molar-refractivity contribution is -0.392. The molecular weight excluding hydrogens is 629 g/mol. The number of hydrogen-bond donors (Lipinski definition) is 2. The van der Waals surface area contributed by atoms with Crippen LogP contribution in [0.3, 0.4) is 0 Å². The molecule has 0 atom stereocenters. The third-order valence-electron chi connectivity index (χ3n) is 5.72. The van der Waals surface area contributed by atoms with Crippen LogP contribution in [0.4, 0.5) is 69.3 Å². The van der Waals surface area contributed by atoms with Crippen molar-refractivity contribution in [1.29, 1.82) is 0 Å². The third-order valence-corrected chi connectivity index (χ3v) is 5.72. The number of carbonyl (C=O) groups is 2. The number of allylic oxidation sites excluding steroid dienone is 1. The molecule has 44 heavy (non-hydrogen) atoms. The summed E-state index contributed by atoms with van der Waals surface area (Å²) in [6.45, 7) is 3.69. The van der Waals surface area contributed by atoms with Gasteiger partial charge in [-0.25, -0.2) is 9.59 Å². The van der Waals surface area contributed by atoms with E-state index in [0.717, 1.165) is 44.2 Å². The number of hydrogen-bond acceptors (Lipinski definition) is 5. The average molecular weight is 661 g/mol. The fourth-order valence-electron chi connectivity index (χ4n) is 3.25. The highest BCUT2D eigenvalue weighted by Crippen LogP contribution is 2.56. The van der Waals surface area contributed by atoms with Crippen LogP contribution in [-0.2, 0) is 9.47 Å². The molecule has 0 bridgehead atoms. The van der Waals surface area contributed by atoms with Crippen LogP contribution in [0.2, 0.25) is 0 Å². The van der Waals surface area contributed by atoms with Crippen molar-refractivity contribution in [3.63, 3.8) is 0 Å². The molecule has 18 heteroatoms. The van der Waals surface area contributed by atoms with Crippen molar-refractivity contribution in [1.82, 2.24) is 0 Å². The quantitative estimate of drug-likeness (QED) is 0.0987. The Labute approximate surface area is 245 Å². The molecule has 0 aliphatic heterocycles. The first kappa shape index (κ1) is 38.6. The molecule has 1 aromatic rings. The maximum atomic E-state index is 14.4. The van der Waals surface area contributed by atoms with E-state index >= 15 is 0 Å². The second-order valence-corrected chi connectivity index (χ2v) is 9.26. The van der Waals surface area contributed by atoms with E-state index in [1.807, 2.05) is 19.2 Å². The smallest absolute Gasteiger partial charge is 0.449 e. The van der Waals surface area contributed by atoms with E-state index in [0.29, 0.717) is 25.3 Å². The van der Waals surface area contributed by atoms with Gasteiger partial charge in [0, 0.05) is 11.8 Å². The van der Waals surface area contributed by atoms with Gasteiger partial charge in [0.1, 0.15) is 0 Å². The molecule has 0 aliphatic carbocycles. The zero-order valence-electron chi connectivity index (χ0n) is 23.5. The second kappa shape index (κ2) is 16.6. The van der Waals surface area contributed by atoms with Gasteiger partial charge in [-0.1, -0.05) is 52.4 Å². The van der Waals surface area contributed by atoms with Crippen LogP contribution in [-0.4, -0.2) is 49.3 Å². The summed E-state index contributed by atoms with van der Waals surface area (Å²) in [5.74, 6) is -27.4. The summed E-state index contributed by atoms with van der Waals surface area (Å²) >= 11 is 0. The fraction of sp³-hybridized carbons (Fsp3) is 0.615. The van der Waals surface area contributed by atoms with E-state index in [1.54, 1.807) is 0 Å². The van der Waals surface area contributed by atoms with Gasteiger partial charge >= 0.3 is 42.1 Å². The lowest BCUT2D eigenvalue weighted by Gasteiger charge is -2.32. The molecule has 0 saturated carbocycles. The van der Waals surface area contributed by atoms with Crippen molar-refractivity contribution in [3.05, 3.63) is 30.0 Å². The largest absolute Gasteiger partial charge is 0.460 e. The van der Waals surface area contributed by atoms with E-state index in [9.17, 15) is 57.9 Å². The maximum absolute atomic E-state index is 14.4. The van der Waals surface area contributed by atoms with E-state index in [-0.39, 0.29) is 18.9 Å². The Balaban J connectivity index is 3.32. The number of amides is 2. The molecule has 1 aromatic carbocycles. The van der Waals surface area contributed by atoms with Crippen molar-refractivity contribution in [2.75, 3.05) is 23.8 Å². The summed E-state index contributed by atoms with van der Waals surface area (Å²) in [5.41, 5.74) is -1.09. The number of nitrogens with one attached hydrogen (secondary N) is 2. The fourth-order valence-corrected chi connectivity index (χ4v) is 3.25. The number of anilines is 2. The Morgan fingerprint density at radius 3 is 1.68 bits per heavy atom. The molecule has 0 aliphatic rings. The molecule has 2 amide bonds. The molecule has 0 heterocycles. The van der Waals surface area contributed by atoms with Crippen molar-refractivity contribution in [3.8, 4) is 5.75 Å². The summed E-state index contributed by atoms with van der Waals surface area (Å²) in [4.78, 5) is 24.1. The summed E-state index contributed by atoms with van der Waals surface area (Å²) in [5, 5.41) is 4.04. The molecule has 252 valence electrons. The van der Waals surface area contributed by atoms with Gasteiger partial charge in [-0.05, 0) is 25.0 Å². The van der Waals surface area contributed by atoms with Gasteiger partial charge < -0.3 is 14.2 Å². The Hall–Kier alpha value is -3.47. The molecule has 0 spiro atoms. The lowest BCUT2D eigenvalue weighted by Crippen LogP contribution is -2.61.